The summed E-state index contributed by atoms with van der Waals surface area (Å²) >= 11 is 0. The van der Waals surface area contributed by atoms with Crippen molar-refractivity contribution >= 4 is 29.0 Å². The van der Waals surface area contributed by atoms with Crippen LogP contribution in [0.1, 0.15) is 12.8 Å². The van der Waals surface area contributed by atoms with E-state index < -0.39 is 34.3 Å². The third-order valence-corrected chi connectivity index (χ3v) is 5.85. The molecule has 4 rings (SSSR count). The quantitative estimate of drug-likeness (QED) is 0.675. The third-order valence-electron chi connectivity index (χ3n) is 5.85. The van der Waals surface area contributed by atoms with Gasteiger partial charge in [0.2, 0.25) is 11.6 Å². The van der Waals surface area contributed by atoms with Crippen LogP contribution in [0.25, 0.3) is 0 Å². The van der Waals surface area contributed by atoms with E-state index in [1.807, 2.05) is 0 Å². The molecule has 3 aliphatic rings. The zero-order chi connectivity index (χ0) is 24.5. The summed E-state index contributed by atoms with van der Waals surface area (Å²) in [6, 6.07) is 5.90. The molecule has 34 heavy (non-hydrogen) atoms. The number of allylic oxidation sites excluding steroid dienone is 3. The number of halogens is 3. The van der Waals surface area contributed by atoms with Crippen molar-refractivity contribution in [3.63, 3.8) is 0 Å². The Morgan fingerprint density at radius 2 is 1.82 bits per heavy atom. The van der Waals surface area contributed by atoms with Crippen molar-refractivity contribution in [1.82, 2.24) is 9.49 Å². The van der Waals surface area contributed by atoms with Gasteiger partial charge in [0.25, 0.3) is 0 Å². The maximum absolute atomic E-state index is 13.5. The number of rotatable bonds is 4. The lowest BCUT2D eigenvalue weighted by atomic mass is 9.95. The topological polar surface area (TPSA) is 97.3 Å². The van der Waals surface area contributed by atoms with Crippen molar-refractivity contribution in [3.8, 4) is 5.75 Å². The predicted octanol–water partition coefficient (Wildman–Crippen LogP) is 3.66. The first-order chi connectivity index (χ1) is 16.1. The molecule has 2 atom stereocenters. The van der Waals surface area contributed by atoms with Crippen molar-refractivity contribution in [2.75, 3.05) is 20.2 Å². The fraction of sp³-hybridized carbons (Fsp3) is 0.304. The molecule has 8 nitrogen and oxygen atoms in total. The van der Waals surface area contributed by atoms with E-state index in [9.17, 15) is 22.8 Å². The monoisotopic (exact) mass is 474 g/mol. The van der Waals surface area contributed by atoms with Gasteiger partial charge in [0.1, 0.15) is 17.9 Å². The zero-order valence-electron chi connectivity index (χ0n) is 18.3. The van der Waals surface area contributed by atoms with Crippen LogP contribution in [0.5, 0.6) is 5.75 Å². The average molecular weight is 474 g/mol. The smallest absolute Gasteiger partial charge is 0.438 e. The number of likely N-dealkylation sites (tertiary alicyclic amines) is 1. The van der Waals surface area contributed by atoms with E-state index in [4.69, 9.17) is 10.5 Å². The van der Waals surface area contributed by atoms with Gasteiger partial charge in [0.15, 0.2) is 11.4 Å². The number of aliphatic imine (C=N–C) groups is 1. The number of nitrogens with zero attached hydrogens (tertiary/aromatic N) is 4. The lowest BCUT2D eigenvalue weighted by Crippen LogP contribution is -2.40. The van der Waals surface area contributed by atoms with E-state index >= 15 is 0 Å². The summed E-state index contributed by atoms with van der Waals surface area (Å²) in [5.74, 6) is -1.38. The van der Waals surface area contributed by atoms with Gasteiger partial charge in [-0.05, 0) is 37.1 Å². The van der Waals surface area contributed by atoms with Crippen molar-refractivity contribution in [2.24, 2.45) is 21.7 Å². The van der Waals surface area contributed by atoms with Crippen LogP contribution >= 0.6 is 0 Å². The molecule has 0 spiro atoms. The van der Waals surface area contributed by atoms with Crippen molar-refractivity contribution in [1.29, 1.82) is 0 Å². The highest BCUT2D eigenvalue weighted by atomic mass is 19.4. The second kappa shape index (κ2) is 8.90. The Morgan fingerprint density at radius 1 is 1.15 bits per heavy atom. The fourth-order valence-corrected chi connectivity index (χ4v) is 4.05. The minimum atomic E-state index is -4.67. The molecule has 178 valence electrons. The van der Waals surface area contributed by atoms with E-state index in [1.165, 1.54) is 31.5 Å². The molecule has 0 bridgehead atoms. The number of carbonyl (C=O) groups is 2. The highest BCUT2D eigenvalue weighted by Crippen LogP contribution is 2.39. The van der Waals surface area contributed by atoms with E-state index in [0.717, 1.165) is 18.9 Å². The number of amides is 3. The van der Waals surface area contributed by atoms with E-state index in [1.54, 1.807) is 29.2 Å². The van der Waals surface area contributed by atoms with Gasteiger partial charge in [0.05, 0.1) is 12.8 Å². The SMILES string of the molecule is COc1ccc([N+]2(C3=CC(C(N)=O)C(=NC(=O)N4CCCC4)C=C3)C=CC(C(F)(F)F)=N2)cc1. The van der Waals surface area contributed by atoms with Gasteiger partial charge in [0, 0.05) is 37.4 Å². The lowest BCUT2D eigenvalue weighted by Gasteiger charge is -2.29. The second-order valence-corrected chi connectivity index (χ2v) is 8.00. The molecule has 1 fully saturated rings. The largest absolute Gasteiger partial charge is 0.497 e. The first-order valence-corrected chi connectivity index (χ1v) is 10.6. The van der Waals surface area contributed by atoms with Gasteiger partial charge < -0.3 is 15.4 Å². The van der Waals surface area contributed by atoms with Gasteiger partial charge in [-0.3, -0.25) is 4.79 Å². The number of carbonyl (C=O) groups excluding carboxylic acids is 2. The Kier molecular flexibility index (Phi) is 6.13. The molecule has 2 heterocycles. The van der Waals surface area contributed by atoms with Crippen LogP contribution in [0.3, 0.4) is 0 Å². The molecule has 2 N–H and O–H groups in total. The van der Waals surface area contributed by atoms with Gasteiger partial charge in [-0.25, -0.2) is 4.79 Å². The van der Waals surface area contributed by atoms with Gasteiger partial charge in [-0.15, -0.1) is 4.59 Å². The number of hydrogen-bond donors (Lipinski definition) is 1. The molecule has 0 aromatic heterocycles. The maximum atomic E-state index is 13.5. The standard InChI is InChI=1S/C23H22F3N5O3/c1-34-17-7-4-15(5-8-17)31(13-10-20(29-31)23(24,25)26)16-6-9-19(18(14-16)21(27)32)28-22(33)30-11-2-3-12-30/h4-10,13-14,18H,2-3,11-12H2,1H3,(H-,27,32)/p+1. The summed E-state index contributed by atoms with van der Waals surface area (Å²) in [6.07, 6.45) is 3.57. The molecule has 1 saturated heterocycles. The Labute approximate surface area is 193 Å². The molecule has 11 heteroatoms. The third kappa shape index (κ3) is 4.38. The minimum absolute atomic E-state index is 0.129. The number of quaternary nitrogens is 1. The van der Waals surface area contributed by atoms with Gasteiger partial charge in [-0.2, -0.15) is 18.2 Å². The second-order valence-electron chi connectivity index (χ2n) is 8.00. The van der Waals surface area contributed by atoms with Gasteiger partial charge >= 0.3 is 12.2 Å². The van der Waals surface area contributed by atoms with Crippen LogP contribution in [-0.2, 0) is 4.79 Å². The van der Waals surface area contributed by atoms with Crippen LogP contribution in [-0.4, -0.2) is 54.6 Å². The molecule has 2 unspecified atom stereocenters. The summed E-state index contributed by atoms with van der Waals surface area (Å²) in [5.41, 5.74) is 5.27. The van der Waals surface area contributed by atoms with E-state index in [0.29, 0.717) is 24.5 Å². The molecule has 1 aliphatic carbocycles. The molecular formula is C23H23F3N5O3+. The predicted molar refractivity (Wildman–Crippen MR) is 121 cm³/mol. The van der Waals surface area contributed by atoms with E-state index in [-0.39, 0.29) is 11.4 Å². The molecule has 2 aliphatic heterocycles. The Balaban J connectivity index is 1.77. The van der Waals surface area contributed by atoms with Crippen LogP contribution in [0.4, 0.5) is 23.7 Å². The first kappa shape index (κ1) is 23.4. The lowest BCUT2D eigenvalue weighted by molar-refractivity contribution is -0.118. The average Bonchev–Trinajstić information content (AvgIpc) is 3.50. The molecule has 0 saturated carbocycles. The Bertz CT molecular complexity index is 1150. The number of benzene rings is 1. The van der Waals surface area contributed by atoms with E-state index in [2.05, 4.69) is 10.1 Å². The highest BCUT2D eigenvalue weighted by molar-refractivity contribution is 6.15. The minimum Gasteiger partial charge on any atom is -0.497 e. The fourth-order valence-electron chi connectivity index (χ4n) is 4.05. The summed E-state index contributed by atoms with van der Waals surface area (Å²) in [6.45, 7) is 1.16. The van der Waals surface area contributed by atoms with Gasteiger partial charge in [-0.1, -0.05) is 5.10 Å². The van der Waals surface area contributed by atoms with Crippen LogP contribution in [0.2, 0.25) is 0 Å². The molecule has 0 radical (unpaired) electrons. The van der Waals surface area contributed by atoms with Crippen molar-refractivity contribution < 1.29 is 27.5 Å². The van der Waals surface area contributed by atoms with Crippen molar-refractivity contribution in [3.05, 3.63) is 60.5 Å². The van der Waals surface area contributed by atoms with Crippen molar-refractivity contribution in [2.45, 2.75) is 19.0 Å². The highest BCUT2D eigenvalue weighted by Gasteiger charge is 2.47. The van der Waals surface area contributed by atoms with Crippen LogP contribution < -0.4 is 15.1 Å². The summed E-state index contributed by atoms with van der Waals surface area (Å²) in [4.78, 5) is 30.4. The number of nitrogens with two attached hydrogens (primary N) is 1. The molecule has 1 aromatic rings. The number of hydrogen-bond acceptors (Lipinski definition) is 4. The molecular weight excluding hydrogens is 451 g/mol. The molecule has 1 aromatic carbocycles. The molecule has 3 amide bonds. The summed E-state index contributed by atoms with van der Waals surface area (Å²) in [5, 5.41) is 3.97. The maximum Gasteiger partial charge on any atom is 0.438 e. The number of ether oxygens (including phenoxy) is 1. The number of alkyl halides is 3. The Hall–Kier alpha value is -3.73. The van der Waals surface area contributed by atoms with Crippen LogP contribution in [0, 0.1) is 5.92 Å². The summed E-state index contributed by atoms with van der Waals surface area (Å²) in [7, 11) is 1.48. The Morgan fingerprint density at radius 3 is 2.38 bits per heavy atom. The summed E-state index contributed by atoms with van der Waals surface area (Å²) < 4.78 is 44.9. The number of urea groups is 1. The number of methoxy groups -OCH3 is 1. The van der Waals surface area contributed by atoms with Crippen LogP contribution in [0.15, 0.2) is 70.6 Å². The zero-order valence-corrected chi connectivity index (χ0v) is 18.3. The first-order valence-electron chi connectivity index (χ1n) is 10.6. The normalized spacial score (nSPS) is 25.5. The number of primary amides is 1.